The molecule has 104 valence electrons. The molecule has 0 aromatic heterocycles. The summed E-state index contributed by atoms with van der Waals surface area (Å²) in [5, 5.41) is 3.42. The second-order valence-corrected chi connectivity index (χ2v) is 5.80. The van der Waals surface area contributed by atoms with Gasteiger partial charge in [-0.2, -0.15) is 0 Å². The van der Waals surface area contributed by atoms with Crippen molar-refractivity contribution in [3.63, 3.8) is 0 Å². The molecule has 0 spiro atoms. The number of nitrogens with one attached hydrogen (secondary N) is 1. The Balaban J connectivity index is 1.96. The summed E-state index contributed by atoms with van der Waals surface area (Å²) in [6.07, 6.45) is 5.04. The lowest BCUT2D eigenvalue weighted by Gasteiger charge is -2.33. The first-order valence-electron chi connectivity index (χ1n) is 7.44. The Kier molecular flexibility index (Phi) is 4.62. The summed E-state index contributed by atoms with van der Waals surface area (Å²) in [5.74, 6) is 0.278. The van der Waals surface area contributed by atoms with Gasteiger partial charge in [-0.3, -0.25) is 10.1 Å². The predicted molar refractivity (Wildman–Crippen MR) is 73.3 cm³/mol. The van der Waals surface area contributed by atoms with Crippen LogP contribution in [-0.4, -0.2) is 53.6 Å². The van der Waals surface area contributed by atoms with Crippen molar-refractivity contribution in [2.75, 3.05) is 19.6 Å². The van der Waals surface area contributed by atoms with Crippen LogP contribution < -0.4 is 5.32 Å². The average Bonchev–Trinajstić information content (AvgIpc) is 2.90. The van der Waals surface area contributed by atoms with Gasteiger partial charge in [-0.15, -0.1) is 0 Å². The zero-order chi connectivity index (χ0) is 13.1. The molecule has 18 heavy (non-hydrogen) atoms. The Morgan fingerprint density at radius 3 is 2.67 bits per heavy atom. The van der Waals surface area contributed by atoms with E-state index < -0.39 is 0 Å². The number of likely N-dealkylation sites (tertiary alicyclic amines) is 1. The molecule has 3 unspecified atom stereocenters. The van der Waals surface area contributed by atoms with Crippen molar-refractivity contribution in [1.29, 1.82) is 0 Å². The van der Waals surface area contributed by atoms with Crippen LogP contribution in [0.4, 0.5) is 0 Å². The fraction of sp³-hybridized carbons (Fsp3) is 0.929. The SMILES string of the molecule is CCCC1NC(C)C(=O)N1C(C)CN1CCCC1. The molecular weight excluding hydrogens is 226 g/mol. The molecule has 2 heterocycles. The largest absolute Gasteiger partial charge is 0.322 e. The minimum atomic E-state index is -0.0115. The maximum atomic E-state index is 12.3. The minimum absolute atomic E-state index is 0.0115. The molecule has 1 amide bonds. The maximum absolute atomic E-state index is 12.3. The van der Waals surface area contributed by atoms with Crippen molar-refractivity contribution in [2.45, 2.75) is 64.7 Å². The number of hydrogen-bond donors (Lipinski definition) is 1. The fourth-order valence-electron chi connectivity index (χ4n) is 3.26. The highest BCUT2D eigenvalue weighted by atomic mass is 16.2. The first-order chi connectivity index (χ1) is 8.63. The van der Waals surface area contributed by atoms with Crippen LogP contribution in [-0.2, 0) is 4.79 Å². The van der Waals surface area contributed by atoms with Crippen LogP contribution in [0.25, 0.3) is 0 Å². The molecule has 2 aliphatic heterocycles. The minimum Gasteiger partial charge on any atom is -0.322 e. The first-order valence-corrected chi connectivity index (χ1v) is 7.44. The lowest BCUT2D eigenvalue weighted by atomic mass is 10.2. The molecule has 0 aromatic rings. The quantitative estimate of drug-likeness (QED) is 0.805. The Hall–Kier alpha value is -0.610. The lowest BCUT2D eigenvalue weighted by Crippen LogP contribution is -2.48. The summed E-state index contributed by atoms with van der Waals surface area (Å²) >= 11 is 0. The average molecular weight is 253 g/mol. The van der Waals surface area contributed by atoms with Crippen LogP contribution in [0.2, 0.25) is 0 Å². The standard InChI is InChI=1S/C14H27N3O/c1-4-7-13-15-12(3)14(18)17(13)11(2)10-16-8-5-6-9-16/h11-13,15H,4-10H2,1-3H3. The van der Waals surface area contributed by atoms with Gasteiger partial charge >= 0.3 is 0 Å². The van der Waals surface area contributed by atoms with Gasteiger partial charge < -0.3 is 9.80 Å². The Bertz CT molecular complexity index is 289. The van der Waals surface area contributed by atoms with E-state index in [1.165, 1.54) is 25.9 Å². The highest BCUT2D eigenvalue weighted by molar-refractivity contribution is 5.84. The molecule has 0 radical (unpaired) electrons. The third-order valence-corrected chi connectivity index (χ3v) is 4.16. The van der Waals surface area contributed by atoms with Crippen molar-refractivity contribution in [2.24, 2.45) is 0 Å². The number of nitrogens with zero attached hydrogens (tertiary/aromatic N) is 2. The van der Waals surface area contributed by atoms with E-state index >= 15 is 0 Å². The van der Waals surface area contributed by atoms with Gasteiger partial charge in [0.05, 0.1) is 12.2 Å². The van der Waals surface area contributed by atoms with E-state index in [2.05, 4.69) is 29.0 Å². The Morgan fingerprint density at radius 1 is 1.39 bits per heavy atom. The molecule has 1 N–H and O–H groups in total. The second kappa shape index (κ2) is 6.02. The second-order valence-electron chi connectivity index (χ2n) is 5.80. The van der Waals surface area contributed by atoms with Crippen LogP contribution in [0.3, 0.4) is 0 Å². The van der Waals surface area contributed by atoms with Crippen molar-refractivity contribution < 1.29 is 4.79 Å². The summed E-state index contributed by atoms with van der Waals surface area (Å²) in [7, 11) is 0. The van der Waals surface area contributed by atoms with E-state index in [9.17, 15) is 4.79 Å². The number of rotatable bonds is 5. The zero-order valence-corrected chi connectivity index (χ0v) is 12.0. The molecule has 0 aromatic carbocycles. The number of carbonyl (C=O) groups excluding carboxylic acids is 1. The molecule has 4 nitrogen and oxygen atoms in total. The summed E-state index contributed by atoms with van der Waals surface area (Å²) in [6.45, 7) is 9.78. The maximum Gasteiger partial charge on any atom is 0.241 e. The van der Waals surface area contributed by atoms with Crippen LogP contribution in [0.1, 0.15) is 46.5 Å². The van der Waals surface area contributed by atoms with E-state index in [0.29, 0.717) is 6.04 Å². The summed E-state index contributed by atoms with van der Waals surface area (Å²) in [6, 6.07) is 0.312. The van der Waals surface area contributed by atoms with Gasteiger partial charge in [0.1, 0.15) is 0 Å². The number of carbonyl (C=O) groups is 1. The normalized spacial score (nSPS) is 31.3. The van der Waals surface area contributed by atoms with Gasteiger partial charge in [0.2, 0.25) is 5.91 Å². The van der Waals surface area contributed by atoms with Crippen molar-refractivity contribution in [3.8, 4) is 0 Å². The monoisotopic (exact) mass is 253 g/mol. The summed E-state index contributed by atoms with van der Waals surface area (Å²) in [4.78, 5) is 16.8. The van der Waals surface area contributed by atoms with Crippen LogP contribution in [0, 0.1) is 0 Å². The van der Waals surface area contributed by atoms with Gasteiger partial charge in [0.25, 0.3) is 0 Å². The predicted octanol–water partition coefficient (Wildman–Crippen LogP) is 1.42. The molecule has 0 saturated carbocycles. The molecular formula is C14H27N3O. The zero-order valence-electron chi connectivity index (χ0n) is 12.0. The topological polar surface area (TPSA) is 35.6 Å². The molecule has 3 atom stereocenters. The molecule has 0 aliphatic carbocycles. The van der Waals surface area contributed by atoms with Crippen LogP contribution >= 0.6 is 0 Å². The van der Waals surface area contributed by atoms with E-state index in [-0.39, 0.29) is 18.1 Å². The third-order valence-electron chi connectivity index (χ3n) is 4.16. The van der Waals surface area contributed by atoms with Gasteiger partial charge in [0, 0.05) is 12.6 Å². The third kappa shape index (κ3) is 2.86. The van der Waals surface area contributed by atoms with Gasteiger partial charge in [-0.05, 0) is 46.2 Å². The van der Waals surface area contributed by atoms with Crippen LogP contribution in [0.15, 0.2) is 0 Å². The number of hydrogen-bond acceptors (Lipinski definition) is 3. The molecule has 0 bridgehead atoms. The van der Waals surface area contributed by atoms with Gasteiger partial charge in [0.15, 0.2) is 0 Å². The summed E-state index contributed by atoms with van der Waals surface area (Å²) in [5.41, 5.74) is 0. The van der Waals surface area contributed by atoms with Crippen molar-refractivity contribution >= 4 is 5.91 Å². The van der Waals surface area contributed by atoms with Gasteiger partial charge in [-0.25, -0.2) is 0 Å². The smallest absolute Gasteiger partial charge is 0.241 e. The van der Waals surface area contributed by atoms with Crippen LogP contribution in [0.5, 0.6) is 0 Å². The Morgan fingerprint density at radius 2 is 2.06 bits per heavy atom. The van der Waals surface area contributed by atoms with E-state index in [1.54, 1.807) is 0 Å². The highest BCUT2D eigenvalue weighted by Gasteiger charge is 2.38. The number of amides is 1. The molecule has 2 rings (SSSR count). The summed E-state index contributed by atoms with van der Waals surface area (Å²) < 4.78 is 0. The van der Waals surface area contributed by atoms with Crippen molar-refractivity contribution in [3.05, 3.63) is 0 Å². The molecule has 2 saturated heterocycles. The molecule has 2 fully saturated rings. The lowest BCUT2D eigenvalue weighted by molar-refractivity contribution is -0.132. The van der Waals surface area contributed by atoms with E-state index in [4.69, 9.17) is 0 Å². The molecule has 4 heteroatoms. The Labute approximate surface area is 111 Å². The molecule has 2 aliphatic rings. The van der Waals surface area contributed by atoms with E-state index in [0.717, 1.165) is 19.4 Å². The fourth-order valence-corrected chi connectivity index (χ4v) is 3.26. The van der Waals surface area contributed by atoms with E-state index in [1.807, 2.05) is 6.92 Å². The van der Waals surface area contributed by atoms with Gasteiger partial charge in [-0.1, -0.05) is 13.3 Å². The first kappa shape index (κ1) is 13.8. The highest BCUT2D eigenvalue weighted by Crippen LogP contribution is 2.20. The van der Waals surface area contributed by atoms with Crippen molar-refractivity contribution in [1.82, 2.24) is 15.1 Å².